The Morgan fingerprint density at radius 2 is 1.77 bits per heavy atom. The lowest BCUT2D eigenvalue weighted by molar-refractivity contribution is -0.132. The largest absolute Gasteiger partial charge is 0.340 e. The van der Waals surface area contributed by atoms with E-state index in [0.29, 0.717) is 31.7 Å². The smallest absolute Gasteiger partial charge is 0.253 e. The summed E-state index contributed by atoms with van der Waals surface area (Å²) in [7, 11) is 0. The Hall–Kier alpha value is -2.55. The lowest BCUT2D eigenvalue weighted by atomic mass is 9.93. The summed E-state index contributed by atoms with van der Waals surface area (Å²) in [5.74, 6) is -0.214. The second kappa shape index (κ2) is 10.6. The minimum atomic E-state index is -0.265. The van der Waals surface area contributed by atoms with Crippen LogP contribution in [0.3, 0.4) is 0 Å². The molecule has 5 nitrogen and oxygen atoms in total. The van der Waals surface area contributed by atoms with Gasteiger partial charge < -0.3 is 9.80 Å². The zero-order valence-corrected chi connectivity index (χ0v) is 21.7. The quantitative estimate of drug-likeness (QED) is 0.456. The predicted octanol–water partition coefficient (Wildman–Crippen LogP) is 4.97. The summed E-state index contributed by atoms with van der Waals surface area (Å²) < 4.78 is 14.9. The van der Waals surface area contributed by atoms with Crippen LogP contribution in [0.2, 0.25) is 0 Å². The molecule has 2 aliphatic heterocycles. The van der Waals surface area contributed by atoms with E-state index in [1.165, 1.54) is 16.5 Å². The van der Waals surface area contributed by atoms with Crippen LogP contribution in [0.1, 0.15) is 38.8 Å². The molecule has 0 spiro atoms. The second-order valence-corrected chi connectivity index (χ2v) is 10.9. The summed E-state index contributed by atoms with van der Waals surface area (Å²) in [4.78, 5) is 33.6. The van der Waals surface area contributed by atoms with Crippen molar-refractivity contribution in [2.45, 2.75) is 18.9 Å². The Balaban J connectivity index is 1.28. The first-order valence-corrected chi connectivity index (χ1v) is 13.6. The predicted molar refractivity (Wildman–Crippen MR) is 139 cm³/mol. The maximum atomic E-state index is 14.1. The van der Waals surface area contributed by atoms with Crippen molar-refractivity contribution >= 4 is 39.1 Å². The van der Waals surface area contributed by atoms with Gasteiger partial charge in [-0.25, -0.2) is 4.39 Å². The number of thiophene rings is 1. The zero-order valence-electron chi connectivity index (χ0n) is 19.3. The average molecular weight is 557 g/mol. The Morgan fingerprint density at radius 1 is 0.971 bits per heavy atom. The molecule has 0 saturated carbocycles. The van der Waals surface area contributed by atoms with Crippen molar-refractivity contribution in [2.24, 2.45) is 0 Å². The van der Waals surface area contributed by atoms with Crippen molar-refractivity contribution in [3.05, 3.63) is 91.8 Å². The van der Waals surface area contributed by atoms with E-state index in [1.807, 2.05) is 40.1 Å². The molecule has 2 aliphatic rings. The van der Waals surface area contributed by atoms with Crippen molar-refractivity contribution in [2.75, 3.05) is 39.3 Å². The van der Waals surface area contributed by atoms with E-state index < -0.39 is 0 Å². The number of fused-ring (bicyclic) bond motifs is 1. The van der Waals surface area contributed by atoms with E-state index >= 15 is 0 Å². The van der Waals surface area contributed by atoms with Gasteiger partial charge in [0.15, 0.2) is 0 Å². The lowest BCUT2D eigenvalue weighted by Gasteiger charge is -2.37. The van der Waals surface area contributed by atoms with Gasteiger partial charge in [0.1, 0.15) is 5.82 Å². The van der Waals surface area contributed by atoms with E-state index in [0.717, 1.165) is 29.4 Å². The number of carbonyl (C=O) groups is 2. The molecular formula is C27H27BrFN3O2S. The number of carbonyl (C=O) groups excluding carboxylic acids is 2. The van der Waals surface area contributed by atoms with E-state index in [1.54, 1.807) is 23.5 Å². The van der Waals surface area contributed by atoms with Crippen LogP contribution in [0.15, 0.2) is 64.5 Å². The van der Waals surface area contributed by atoms with Crippen LogP contribution in [-0.2, 0) is 11.2 Å². The van der Waals surface area contributed by atoms with Gasteiger partial charge in [0.2, 0.25) is 5.91 Å². The molecule has 0 bridgehead atoms. The minimum Gasteiger partial charge on any atom is -0.340 e. The fraction of sp³-hybridized carbons (Fsp3) is 0.333. The topological polar surface area (TPSA) is 43.9 Å². The third kappa shape index (κ3) is 5.34. The Bertz CT molecular complexity index is 1230. The van der Waals surface area contributed by atoms with Crippen LogP contribution < -0.4 is 0 Å². The van der Waals surface area contributed by atoms with Crippen molar-refractivity contribution < 1.29 is 14.0 Å². The molecule has 2 aromatic carbocycles. The molecular weight excluding hydrogens is 529 g/mol. The number of nitrogens with zero attached hydrogens (tertiary/aromatic N) is 3. The summed E-state index contributed by atoms with van der Waals surface area (Å²) >= 11 is 5.16. The first-order chi connectivity index (χ1) is 17.0. The monoisotopic (exact) mass is 555 g/mol. The van der Waals surface area contributed by atoms with Crippen molar-refractivity contribution in [1.82, 2.24) is 14.7 Å². The number of rotatable bonds is 4. The van der Waals surface area contributed by atoms with Crippen LogP contribution in [0, 0.1) is 5.82 Å². The van der Waals surface area contributed by atoms with Gasteiger partial charge in [-0.2, -0.15) is 0 Å². The first kappa shape index (κ1) is 24.2. The summed E-state index contributed by atoms with van der Waals surface area (Å²) in [5, 5.41) is 2.08. The van der Waals surface area contributed by atoms with Gasteiger partial charge in [-0.05, 0) is 65.7 Å². The molecule has 1 fully saturated rings. The molecule has 35 heavy (non-hydrogen) atoms. The van der Waals surface area contributed by atoms with E-state index in [-0.39, 0.29) is 30.2 Å². The highest BCUT2D eigenvalue weighted by Crippen LogP contribution is 2.37. The van der Waals surface area contributed by atoms with Crippen LogP contribution in [-0.4, -0.2) is 65.8 Å². The molecule has 3 aromatic rings. The number of hydrogen-bond donors (Lipinski definition) is 0. The van der Waals surface area contributed by atoms with E-state index in [9.17, 15) is 14.0 Å². The highest BCUT2D eigenvalue weighted by molar-refractivity contribution is 9.10. The molecule has 3 heterocycles. The van der Waals surface area contributed by atoms with Crippen molar-refractivity contribution in [3.63, 3.8) is 0 Å². The lowest BCUT2D eigenvalue weighted by Crippen LogP contribution is -2.45. The molecule has 182 valence electrons. The average Bonchev–Trinajstić information content (AvgIpc) is 3.19. The molecule has 1 aromatic heterocycles. The van der Waals surface area contributed by atoms with E-state index in [4.69, 9.17) is 0 Å². The highest BCUT2D eigenvalue weighted by atomic mass is 79.9. The Kier molecular flexibility index (Phi) is 7.32. The summed E-state index contributed by atoms with van der Waals surface area (Å²) in [6.07, 6.45) is 1.63. The van der Waals surface area contributed by atoms with Gasteiger partial charge >= 0.3 is 0 Å². The van der Waals surface area contributed by atoms with Crippen LogP contribution >= 0.6 is 27.3 Å². The summed E-state index contributed by atoms with van der Waals surface area (Å²) in [6.45, 7) is 3.31. The fourth-order valence-electron chi connectivity index (χ4n) is 5.05. The number of amides is 2. The highest BCUT2D eigenvalue weighted by Gasteiger charge is 2.32. The van der Waals surface area contributed by atoms with Crippen LogP contribution in [0.25, 0.3) is 0 Å². The second-order valence-electron chi connectivity index (χ2n) is 9.01. The SMILES string of the molecule is O=C(CN1CCc2sccc2[C@@H]1c1cccc(F)c1)N1CCCN(C(=O)c2cccc(Br)c2)CC1. The number of halogens is 2. The maximum absolute atomic E-state index is 14.1. The molecule has 5 rings (SSSR count). The molecule has 0 N–H and O–H groups in total. The molecule has 0 unspecified atom stereocenters. The van der Waals surface area contributed by atoms with Crippen molar-refractivity contribution in [3.8, 4) is 0 Å². The Morgan fingerprint density at radius 3 is 2.60 bits per heavy atom. The molecule has 0 radical (unpaired) electrons. The van der Waals surface area contributed by atoms with Gasteiger partial charge in [0.25, 0.3) is 5.91 Å². The number of hydrogen-bond acceptors (Lipinski definition) is 4. The van der Waals surface area contributed by atoms with Crippen LogP contribution in [0.4, 0.5) is 4.39 Å². The first-order valence-electron chi connectivity index (χ1n) is 11.9. The fourth-order valence-corrected chi connectivity index (χ4v) is 6.36. The van der Waals surface area contributed by atoms with Crippen molar-refractivity contribution in [1.29, 1.82) is 0 Å². The normalized spacial score (nSPS) is 18.7. The molecule has 2 amide bonds. The third-order valence-corrected chi connectivity index (χ3v) is 8.27. The Labute approximate surface area is 217 Å². The third-order valence-electron chi connectivity index (χ3n) is 6.78. The van der Waals surface area contributed by atoms with Crippen LogP contribution in [0.5, 0.6) is 0 Å². The maximum Gasteiger partial charge on any atom is 0.253 e. The standard InChI is InChI=1S/C27H27BrFN3O2S/c28-21-6-1-5-20(16-21)27(34)31-11-3-10-30(13-14-31)25(33)18-32-12-8-24-23(9-15-35-24)26(32)19-4-2-7-22(29)17-19/h1-2,4-7,9,15-17,26H,3,8,10-14,18H2/t26-/m0/s1. The minimum absolute atomic E-state index is 0.00668. The summed E-state index contributed by atoms with van der Waals surface area (Å²) in [6, 6.07) is 16.1. The molecule has 1 saturated heterocycles. The van der Waals surface area contributed by atoms with Gasteiger partial charge in [0, 0.05) is 47.6 Å². The summed E-state index contributed by atoms with van der Waals surface area (Å²) in [5.41, 5.74) is 2.69. The van der Waals surface area contributed by atoms with E-state index in [2.05, 4.69) is 32.3 Å². The van der Waals surface area contributed by atoms with Gasteiger partial charge in [-0.15, -0.1) is 11.3 Å². The molecule has 0 aliphatic carbocycles. The van der Waals surface area contributed by atoms with Gasteiger partial charge in [0.05, 0.1) is 12.6 Å². The molecule has 1 atom stereocenters. The number of benzene rings is 2. The zero-order chi connectivity index (χ0) is 24.4. The van der Waals surface area contributed by atoms with Gasteiger partial charge in [-0.3, -0.25) is 14.5 Å². The van der Waals surface area contributed by atoms with Gasteiger partial charge in [-0.1, -0.05) is 34.1 Å². The molecule has 8 heteroatoms.